The average molecular weight is 303 g/mol. The first-order valence-corrected chi connectivity index (χ1v) is 6.40. The third-order valence-corrected chi connectivity index (χ3v) is 3.02. The molecule has 1 aliphatic heterocycles. The molecule has 0 aliphatic carbocycles. The monoisotopic (exact) mass is 302 g/mol. The van der Waals surface area contributed by atoms with Gasteiger partial charge >= 0.3 is 0 Å². The molecule has 0 saturated carbocycles. The van der Waals surface area contributed by atoms with Crippen LogP contribution in [0.4, 0.5) is 11.5 Å². The van der Waals surface area contributed by atoms with Crippen LogP contribution in [-0.4, -0.2) is 54.2 Å². The lowest BCUT2D eigenvalue weighted by molar-refractivity contribution is -0.385. The molecular formula is C12H19ClN4O3. The van der Waals surface area contributed by atoms with E-state index in [-0.39, 0.29) is 18.1 Å². The van der Waals surface area contributed by atoms with E-state index in [1.807, 2.05) is 0 Å². The molecule has 0 atom stereocenters. The molecule has 1 saturated heterocycles. The molecule has 1 aromatic heterocycles. The zero-order chi connectivity index (χ0) is 13.5. The number of pyridine rings is 1. The third kappa shape index (κ3) is 5.28. The number of anilines is 1. The van der Waals surface area contributed by atoms with Crippen LogP contribution in [0, 0.1) is 10.1 Å². The molecule has 1 fully saturated rings. The van der Waals surface area contributed by atoms with E-state index >= 15 is 0 Å². The van der Waals surface area contributed by atoms with E-state index < -0.39 is 4.92 Å². The van der Waals surface area contributed by atoms with Gasteiger partial charge in [-0.15, -0.1) is 12.4 Å². The highest BCUT2D eigenvalue weighted by Gasteiger charge is 2.09. The van der Waals surface area contributed by atoms with E-state index in [0.29, 0.717) is 5.82 Å². The second-order valence-electron chi connectivity index (χ2n) is 4.39. The predicted molar refractivity (Wildman–Crippen MR) is 78.5 cm³/mol. The highest BCUT2D eigenvalue weighted by atomic mass is 35.5. The minimum Gasteiger partial charge on any atom is -0.379 e. The maximum absolute atomic E-state index is 10.5. The SMILES string of the molecule is Cl.O=[N+]([O-])c1ccc(NCCCN2CCOCC2)nc1. The lowest BCUT2D eigenvalue weighted by atomic mass is 10.3. The quantitative estimate of drug-likeness (QED) is 0.488. The van der Waals surface area contributed by atoms with E-state index in [0.717, 1.165) is 45.8 Å². The van der Waals surface area contributed by atoms with Crippen molar-refractivity contribution in [2.45, 2.75) is 6.42 Å². The van der Waals surface area contributed by atoms with Crippen LogP contribution in [0.25, 0.3) is 0 Å². The Labute approximate surface area is 123 Å². The molecule has 0 spiro atoms. The summed E-state index contributed by atoms with van der Waals surface area (Å²) in [5.41, 5.74) is 0.0128. The summed E-state index contributed by atoms with van der Waals surface area (Å²) in [6, 6.07) is 3.09. The summed E-state index contributed by atoms with van der Waals surface area (Å²) in [5, 5.41) is 13.6. The number of rotatable bonds is 6. The zero-order valence-corrected chi connectivity index (χ0v) is 12.0. The molecule has 0 unspecified atom stereocenters. The van der Waals surface area contributed by atoms with Crippen LogP contribution < -0.4 is 5.32 Å². The average Bonchev–Trinajstić information content (AvgIpc) is 2.45. The smallest absolute Gasteiger partial charge is 0.287 e. The van der Waals surface area contributed by atoms with Crippen LogP contribution in [-0.2, 0) is 4.74 Å². The molecule has 20 heavy (non-hydrogen) atoms. The van der Waals surface area contributed by atoms with Crippen molar-refractivity contribution in [3.05, 3.63) is 28.4 Å². The van der Waals surface area contributed by atoms with Gasteiger partial charge in [0.1, 0.15) is 12.0 Å². The summed E-state index contributed by atoms with van der Waals surface area (Å²) < 4.78 is 5.28. The summed E-state index contributed by atoms with van der Waals surface area (Å²) >= 11 is 0. The Morgan fingerprint density at radius 2 is 2.15 bits per heavy atom. The Hall–Kier alpha value is -1.44. The van der Waals surface area contributed by atoms with Gasteiger partial charge in [0.15, 0.2) is 0 Å². The first kappa shape index (κ1) is 16.6. The summed E-state index contributed by atoms with van der Waals surface area (Å²) in [5.74, 6) is 0.674. The largest absolute Gasteiger partial charge is 0.379 e. The van der Waals surface area contributed by atoms with E-state index in [9.17, 15) is 10.1 Å². The normalized spacial score (nSPS) is 15.4. The van der Waals surface area contributed by atoms with Gasteiger partial charge in [-0.05, 0) is 19.0 Å². The summed E-state index contributed by atoms with van der Waals surface area (Å²) in [6.07, 6.45) is 2.28. The molecule has 2 heterocycles. The number of hydrogen-bond acceptors (Lipinski definition) is 6. The molecule has 2 rings (SSSR count). The van der Waals surface area contributed by atoms with Gasteiger partial charge in [0.2, 0.25) is 0 Å². The van der Waals surface area contributed by atoms with Crippen LogP contribution in [0.3, 0.4) is 0 Å². The number of nitrogens with zero attached hydrogens (tertiary/aromatic N) is 3. The van der Waals surface area contributed by atoms with Gasteiger partial charge in [0, 0.05) is 25.7 Å². The Balaban J connectivity index is 0.00000200. The number of morpholine rings is 1. The number of aromatic nitrogens is 1. The van der Waals surface area contributed by atoms with Crippen molar-refractivity contribution >= 4 is 23.9 Å². The van der Waals surface area contributed by atoms with E-state index in [4.69, 9.17) is 4.74 Å². The van der Waals surface area contributed by atoms with Crippen molar-refractivity contribution in [3.8, 4) is 0 Å². The molecule has 112 valence electrons. The minimum absolute atomic E-state index is 0. The van der Waals surface area contributed by atoms with Crippen molar-refractivity contribution in [2.24, 2.45) is 0 Å². The van der Waals surface area contributed by atoms with Crippen LogP contribution in [0.5, 0.6) is 0 Å². The Kier molecular flexibility index (Phi) is 7.21. The Morgan fingerprint density at radius 3 is 2.75 bits per heavy atom. The predicted octanol–water partition coefficient (Wildman–Crippen LogP) is 1.55. The number of halogens is 1. The van der Waals surface area contributed by atoms with E-state index in [1.54, 1.807) is 6.07 Å². The lowest BCUT2D eigenvalue weighted by Crippen LogP contribution is -2.37. The van der Waals surface area contributed by atoms with Crippen molar-refractivity contribution in [2.75, 3.05) is 44.7 Å². The molecule has 0 bridgehead atoms. The molecule has 8 heteroatoms. The molecule has 0 aromatic carbocycles. The second kappa shape index (κ2) is 8.68. The van der Waals surface area contributed by atoms with Crippen LogP contribution in [0.2, 0.25) is 0 Å². The molecular weight excluding hydrogens is 284 g/mol. The number of nitro groups is 1. The fraction of sp³-hybridized carbons (Fsp3) is 0.583. The van der Waals surface area contributed by atoms with Crippen LogP contribution in [0.15, 0.2) is 18.3 Å². The topological polar surface area (TPSA) is 80.5 Å². The highest BCUT2D eigenvalue weighted by molar-refractivity contribution is 5.85. The second-order valence-corrected chi connectivity index (χ2v) is 4.39. The van der Waals surface area contributed by atoms with Gasteiger partial charge in [-0.1, -0.05) is 0 Å². The van der Waals surface area contributed by atoms with Crippen molar-refractivity contribution in [1.29, 1.82) is 0 Å². The Morgan fingerprint density at radius 1 is 1.40 bits per heavy atom. The van der Waals surface area contributed by atoms with Crippen molar-refractivity contribution < 1.29 is 9.66 Å². The number of ether oxygens (including phenoxy) is 1. The standard InChI is InChI=1S/C12H18N4O3.ClH/c17-16(18)11-2-3-12(14-10-11)13-4-1-5-15-6-8-19-9-7-15;/h2-3,10H,1,4-9H2,(H,13,14);1H. The molecule has 1 N–H and O–H groups in total. The highest BCUT2D eigenvalue weighted by Crippen LogP contribution is 2.11. The van der Waals surface area contributed by atoms with Gasteiger partial charge in [0.25, 0.3) is 5.69 Å². The first-order chi connectivity index (χ1) is 9.25. The molecule has 1 aliphatic rings. The molecule has 0 amide bonds. The summed E-state index contributed by atoms with van der Waals surface area (Å²) in [6.45, 7) is 5.46. The van der Waals surface area contributed by atoms with Gasteiger partial charge in [0.05, 0.1) is 18.1 Å². The number of nitrogens with one attached hydrogen (secondary N) is 1. The molecule has 1 aromatic rings. The van der Waals surface area contributed by atoms with Crippen LogP contribution >= 0.6 is 12.4 Å². The van der Waals surface area contributed by atoms with Gasteiger partial charge < -0.3 is 10.1 Å². The van der Waals surface area contributed by atoms with E-state index in [2.05, 4.69) is 15.2 Å². The van der Waals surface area contributed by atoms with Gasteiger partial charge in [-0.3, -0.25) is 15.0 Å². The third-order valence-electron chi connectivity index (χ3n) is 3.02. The summed E-state index contributed by atoms with van der Waals surface area (Å²) in [4.78, 5) is 16.4. The van der Waals surface area contributed by atoms with Gasteiger partial charge in [-0.2, -0.15) is 0 Å². The zero-order valence-electron chi connectivity index (χ0n) is 11.2. The molecule has 0 radical (unpaired) electrons. The van der Waals surface area contributed by atoms with E-state index in [1.165, 1.54) is 12.3 Å². The Bertz CT molecular complexity index is 410. The van der Waals surface area contributed by atoms with Crippen molar-refractivity contribution in [3.63, 3.8) is 0 Å². The maximum Gasteiger partial charge on any atom is 0.287 e. The number of hydrogen-bond donors (Lipinski definition) is 1. The van der Waals surface area contributed by atoms with Crippen LogP contribution in [0.1, 0.15) is 6.42 Å². The van der Waals surface area contributed by atoms with Crippen molar-refractivity contribution in [1.82, 2.24) is 9.88 Å². The maximum atomic E-state index is 10.5. The fourth-order valence-electron chi connectivity index (χ4n) is 1.94. The fourth-order valence-corrected chi connectivity index (χ4v) is 1.94. The van der Waals surface area contributed by atoms with Gasteiger partial charge in [-0.25, -0.2) is 4.98 Å². The minimum atomic E-state index is -0.449. The molecule has 7 nitrogen and oxygen atoms in total. The lowest BCUT2D eigenvalue weighted by Gasteiger charge is -2.26. The summed E-state index contributed by atoms with van der Waals surface area (Å²) in [7, 11) is 0. The first-order valence-electron chi connectivity index (χ1n) is 6.40.